The van der Waals surface area contributed by atoms with Gasteiger partial charge in [-0.3, -0.25) is 24.5 Å². The van der Waals surface area contributed by atoms with Gasteiger partial charge in [0.25, 0.3) is 5.69 Å². The molecule has 0 saturated heterocycles. The van der Waals surface area contributed by atoms with E-state index in [9.17, 15) is 24.5 Å². The highest BCUT2D eigenvalue weighted by Crippen LogP contribution is 2.21. The van der Waals surface area contributed by atoms with Gasteiger partial charge in [-0.05, 0) is 0 Å². The molecule has 1 rings (SSSR count). The summed E-state index contributed by atoms with van der Waals surface area (Å²) in [7, 11) is 0. The molecular weight excluding hydrogens is 308 g/mol. The molecule has 0 aliphatic rings. The van der Waals surface area contributed by atoms with Crippen molar-refractivity contribution in [2.45, 2.75) is 27.4 Å². The van der Waals surface area contributed by atoms with Crippen molar-refractivity contribution < 1.29 is 28.8 Å². The molecule has 9 nitrogen and oxygen atoms in total. The lowest BCUT2D eigenvalue weighted by Crippen LogP contribution is -2.03. The molecule has 0 bridgehead atoms. The number of esters is 3. The van der Waals surface area contributed by atoms with Crippen LogP contribution in [0.25, 0.3) is 0 Å². The van der Waals surface area contributed by atoms with Crippen molar-refractivity contribution in [1.29, 1.82) is 5.26 Å². The van der Waals surface area contributed by atoms with Gasteiger partial charge in [0.2, 0.25) is 0 Å². The molecule has 0 aliphatic heterocycles. The number of benzene rings is 1. The van der Waals surface area contributed by atoms with Gasteiger partial charge in [0.05, 0.1) is 4.92 Å². The maximum atomic E-state index is 10.6. The molecule has 0 amide bonds. The van der Waals surface area contributed by atoms with Crippen LogP contribution in [0.4, 0.5) is 5.69 Å². The zero-order valence-corrected chi connectivity index (χ0v) is 12.7. The molecule has 0 unspecified atom stereocenters. The molecule has 23 heavy (non-hydrogen) atoms. The number of rotatable bonds is 3. The lowest BCUT2D eigenvalue weighted by Gasteiger charge is -2.04. The van der Waals surface area contributed by atoms with Gasteiger partial charge in [-0.25, -0.2) is 0 Å². The normalized spacial score (nSPS) is 8.78. The summed E-state index contributed by atoms with van der Waals surface area (Å²) in [5.74, 6) is -1.63. The van der Waals surface area contributed by atoms with E-state index >= 15 is 0 Å². The number of hydrogen-bond donors (Lipinski definition) is 0. The van der Waals surface area contributed by atoms with Crippen LogP contribution in [0.15, 0.2) is 18.2 Å². The third-order valence-corrected chi connectivity index (χ3v) is 2.16. The number of nitro benzene ring substituents is 1. The first-order valence-electron chi connectivity index (χ1n) is 6.17. The van der Waals surface area contributed by atoms with E-state index in [0.717, 1.165) is 0 Å². The number of nitro groups is 1. The maximum Gasteiger partial charge on any atom is 0.310 e. The van der Waals surface area contributed by atoms with Crippen LogP contribution in [-0.4, -0.2) is 22.8 Å². The Bertz CT molecular complexity index is 650. The number of nitriles is 1. The Hall–Kier alpha value is -3.28. The fourth-order valence-electron chi connectivity index (χ4n) is 1.37. The van der Waals surface area contributed by atoms with E-state index in [4.69, 9.17) is 10.00 Å². The summed E-state index contributed by atoms with van der Waals surface area (Å²) in [6.07, 6.45) is 0. The summed E-state index contributed by atoms with van der Waals surface area (Å²) in [6, 6.07) is 5.92. The average molecular weight is 322 g/mol. The lowest BCUT2D eigenvalue weighted by atomic mass is 10.1. The summed E-state index contributed by atoms with van der Waals surface area (Å²) in [6.45, 7) is 3.45. The van der Waals surface area contributed by atoms with Crippen LogP contribution in [0.3, 0.4) is 0 Å². The molecule has 1 aromatic carbocycles. The van der Waals surface area contributed by atoms with Crippen molar-refractivity contribution in [3.05, 3.63) is 39.4 Å². The highest BCUT2D eigenvalue weighted by atomic mass is 16.6. The van der Waals surface area contributed by atoms with E-state index in [1.807, 2.05) is 0 Å². The Kier molecular flexibility index (Phi) is 8.25. The largest absolute Gasteiger partial charge is 0.461 e. The number of carbonyl (C=O) groups is 3. The molecule has 9 heteroatoms. The highest BCUT2D eigenvalue weighted by Gasteiger charge is 2.17. The van der Waals surface area contributed by atoms with Gasteiger partial charge in [-0.2, -0.15) is 5.26 Å². The summed E-state index contributed by atoms with van der Waals surface area (Å²) < 4.78 is 8.66. The smallest absolute Gasteiger partial charge is 0.310 e. The van der Waals surface area contributed by atoms with Gasteiger partial charge in [0.15, 0.2) is 0 Å². The van der Waals surface area contributed by atoms with Gasteiger partial charge < -0.3 is 9.47 Å². The van der Waals surface area contributed by atoms with Crippen LogP contribution < -0.4 is 0 Å². The minimum absolute atomic E-state index is 0.0752. The maximum absolute atomic E-state index is 10.6. The van der Waals surface area contributed by atoms with Crippen LogP contribution in [0.5, 0.6) is 0 Å². The molecular formula is C14H14N2O7. The monoisotopic (exact) mass is 322 g/mol. The summed E-state index contributed by atoms with van der Waals surface area (Å²) >= 11 is 0. The second-order valence-electron chi connectivity index (χ2n) is 4.05. The molecule has 122 valence electrons. The Morgan fingerprint density at radius 3 is 2.09 bits per heavy atom. The number of hydrogen-bond acceptors (Lipinski definition) is 8. The van der Waals surface area contributed by atoms with E-state index in [-0.39, 0.29) is 17.9 Å². The minimum atomic E-state index is -0.643. The third kappa shape index (κ3) is 7.91. The highest BCUT2D eigenvalue weighted by molar-refractivity contribution is 5.82. The molecule has 0 fully saturated rings. The molecule has 0 spiro atoms. The molecule has 0 saturated carbocycles. The molecule has 0 N–H and O–H groups in total. The van der Waals surface area contributed by atoms with Gasteiger partial charge >= 0.3 is 17.9 Å². The van der Waals surface area contributed by atoms with E-state index in [0.29, 0.717) is 5.56 Å². The Morgan fingerprint density at radius 1 is 1.17 bits per heavy atom. The van der Waals surface area contributed by atoms with E-state index < -0.39 is 22.8 Å². The number of ether oxygens (including phenoxy) is 2. The second-order valence-corrected chi connectivity index (χ2v) is 4.05. The SMILES string of the molecule is CC(=O)OC(C)=O.CC(=O)OCc1cccc([N+](=O)[O-])c1C#N. The predicted octanol–water partition coefficient (Wildman–Crippen LogP) is 1.63. The average Bonchev–Trinajstić information content (AvgIpc) is 2.43. The Morgan fingerprint density at radius 2 is 1.74 bits per heavy atom. The predicted molar refractivity (Wildman–Crippen MR) is 75.7 cm³/mol. The van der Waals surface area contributed by atoms with Crippen molar-refractivity contribution >= 4 is 23.6 Å². The van der Waals surface area contributed by atoms with Crippen LogP contribution in [0, 0.1) is 21.4 Å². The summed E-state index contributed by atoms with van der Waals surface area (Å²) in [5, 5.41) is 19.4. The van der Waals surface area contributed by atoms with Crippen LogP contribution in [0.1, 0.15) is 31.9 Å². The van der Waals surface area contributed by atoms with Crippen molar-refractivity contribution in [2.24, 2.45) is 0 Å². The fraction of sp³-hybridized carbons (Fsp3) is 0.286. The van der Waals surface area contributed by atoms with E-state index in [2.05, 4.69) is 4.74 Å². The first-order chi connectivity index (χ1) is 10.7. The second kappa shape index (κ2) is 9.62. The van der Waals surface area contributed by atoms with Crippen LogP contribution in [-0.2, 0) is 30.5 Å². The first-order valence-corrected chi connectivity index (χ1v) is 6.17. The van der Waals surface area contributed by atoms with Crippen LogP contribution in [0.2, 0.25) is 0 Å². The summed E-state index contributed by atoms with van der Waals surface area (Å²) in [5.41, 5.74) is -0.0344. The van der Waals surface area contributed by atoms with Crippen molar-refractivity contribution in [2.75, 3.05) is 0 Å². The molecule has 0 aliphatic carbocycles. The molecule has 1 aromatic rings. The minimum Gasteiger partial charge on any atom is -0.461 e. The quantitative estimate of drug-likeness (QED) is 0.354. The topological polar surface area (TPSA) is 137 Å². The van der Waals surface area contributed by atoms with Crippen molar-refractivity contribution in [3.63, 3.8) is 0 Å². The van der Waals surface area contributed by atoms with Crippen molar-refractivity contribution in [1.82, 2.24) is 0 Å². The molecule has 0 atom stereocenters. The molecule has 0 heterocycles. The zero-order valence-electron chi connectivity index (χ0n) is 12.7. The zero-order chi connectivity index (χ0) is 18.0. The van der Waals surface area contributed by atoms with Gasteiger partial charge in [0.1, 0.15) is 18.2 Å². The van der Waals surface area contributed by atoms with Crippen molar-refractivity contribution in [3.8, 4) is 6.07 Å². The lowest BCUT2D eigenvalue weighted by molar-refractivity contribution is -0.385. The number of carbonyl (C=O) groups excluding carboxylic acids is 3. The fourth-order valence-corrected chi connectivity index (χ4v) is 1.37. The summed E-state index contributed by atoms with van der Waals surface area (Å²) in [4.78, 5) is 40.2. The third-order valence-electron chi connectivity index (χ3n) is 2.16. The Balaban J connectivity index is 0.000000585. The molecule has 0 radical (unpaired) electrons. The van der Waals surface area contributed by atoms with Gasteiger partial charge in [0, 0.05) is 32.4 Å². The molecule has 0 aromatic heterocycles. The van der Waals surface area contributed by atoms with E-state index in [1.165, 1.54) is 39.0 Å². The van der Waals surface area contributed by atoms with Gasteiger partial charge in [-0.15, -0.1) is 0 Å². The van der Waals surface area contributed by atoms with Crippen LogP contribution >= 0.6 is 0 Å². The standard InChI is InChI=1S/C10H8N2O4.C4H6O3/c1-7(13)16-6-8-3-2-4-10(12(14)15)9(8)5-11;1-3(5)7-4(2)6/h2-4H,6H2,1H3;1-2H3. The van der Waals surface area contributed by atoms with Gasteiger partial charge in [-0.1, -0.05) is 12.1 Å². The number of nitrogens with zero attached hydrogens (tertiary/aromatic N) is 2. The Labute approximate surface area is 131 Å². The van der Waals surface area contributed by atoms with E-state index in [1.54, 1.807) is 6.07 Å². The first kappa shape index (κ1) is 19.7.